The summed E-state index contributed by atoms with van der Waals surface area (Å²) in [5.74, 6) is 1.24. The van der Waals surface area contributed by atoms with Gasteiger partial charge in [0.2, 0.25) is 11.8 Å². The summed E-state index contributed by atoms with van der Waals surface area (Å²) in [4.78, 5) is 43.0. The summed E-state index contributed by atoms with van der Waals surface area (Å²) in [7, 11) is 1.61. The number of benzene rings is 2. The van der Waals surface area contributed by atoms with Crippen LogP contribution in [0.15, 0.2) is 48.5 Å². The third kappa shape index (κ3) is 5.16. The fourth-order valence-electron chi connectivity index (χ4n) is 4.55. The van der Waals surface area contributed by atoms with Crippen molar-refractivity contribution >= 4 is 17.7 Å². The molecule has 0 N–H and O–H groups in total. The number of likely N-dealkylation sites (tertiary alicyclic amines) is 1. The van der Waals surface area contributed by atoms with E-state index in [0.29, 0.717) is 50.5 Å². The van der Waals surface area contributed by atoms with Gasteiger partial charge in [-0.2, -0.15) is 0 Å². The summed E-state index contributed by atoms with van der Waals surface area (Å²) in [6.07, 6.45) is 1.47. The quantitative estimate of drug-likeness (QED) is 0.628. The topological polar surface area (TPSA) is 79.4 Å². The Kier molecular flexibility index (Phi) is 7.35. The van der Waals surface area contributed by atoms with Gasteiger partial charge in [0.15, 0.2) is 0 Å². The highest BCUT2D eigenvalue weighted by Gasteiger charge is 2.34. The molecule has 2 fully saturated rings. The van der Waals surface area contributed by atoms with E-state index in [2.05, 4.69) is 0 Å². The number of hydrogen-bond donors (Lipinski definition) is 0. The van der Waals surface area contributed by atoms with Crippen LogP contribution >= 0.6 is 0 Å². The van der Waals surface area contributed by atoms with E-state index in [0.717, 1.165) is 24.3 Å². The molecule has 8 nitrogen and oxygen atoms in total. The number of ether oxygens (including phenoxy) is 2. The van der Waals surface area contributed by atoms with Crippen molar-refractivity contribution in [2.24, 2.45) is 0 Å². The molecular formula is C26H31N3O5. The van der Waals surface area contributed by atoms with Crippen molar-refractivity contribution < 1.29 is 23.9 Å². The summed E-state index contributed by atoms with van der Waals surface area (Å²) in [6, 6.07) is 14.5. The van der Waals surface area contributed by atoms with E-state index in [4.69, 9.17) is 9.47 Å². The van der Waals surface area contributed by atoms with Crippen LogP contribution in [0.4, 0.5) is 0 Å². The number of rotatable bonds is 7. The van der Waals surface area contributed by atoms with E-state index in [1.165, 1.54) is 0 Å². The van der Waals surface area contributed by atoms with Gasteiger partial charge in [-0.1, -0.05) is 24.3 Å². The maximum absolute atomic E-state index is 13.7. The van der Waals surface area contributed by atoms with Crippen LogP contribution in [0.2, 0.25) is 0 Å². The first-order chi connectivity index (χ1) is 16.5. The highest BCUT2D eigenvalue weighted by atomic mass is 16.5. The first kappa shape index (κ1) is 23.6. The van der Waals surface area contributed by atoms with Crippen LogP contribution in [-0.4, -0.2) is 78.9 Å². The van der Waals surface area contributed by atoms with Gasteiger partial charge >= 0.3 is 0 Å². The summed E-state index contributed by atoms with van der Waals surface area (Å²) in [6.45, 7) is 4.47. The molecule has 1 atom stereocenters. The monoisotopic (exact) mass is 465 g/mol. The molecule has 2 heterocycles. The Morgan fingerprint density at radius 3 is 2.47 bits per heavy atom. The predicted molar refractivity (Wildman–Crippen MR) is 127 cm³/mol. The number of amides is 3. The smallest absolute Gasteiger partial charge is 0.258 e. The molecule has 0 bridgehead atoms. The number of carbonyl (C=O) groups excluding carboxylic acids is 3. The van der Waals surface area contributed by atoms with Gasteiger partial charge in [-0.3, -0.25) is 14.4 Å². The number of para-hydroxylation sites is 1. The van der Waals surface area contributed by atoms with Gasteiger partial charge in [-0.25, -0.2) is 0 Å². The lowest BCUT2D eigenvalue weighted by atomic mass is 10.0. The number of piperazine rings is 1. The van der Waals surface area contributed by atoms with Crippen molar-refractivity contribution in [3.05, 3.63) is 59.7 Å². The van der Waals surface area contributed by atoms with Crippen LogP contribution in [0.3, 0.4) is 0 Å². The minimum atomic E-state index is -0.286. The van der Waals surface area contributed by atoms with Crippen LogP contribution < -0.4 is 9.47 Å². The molecule has 2 aliphatic rings. The van der Waals surface area contributed by atoms with E-state index >= 15 is 0 Å². The van der Waals surface area contributed by atoms with Crippen LogP contribution in [0.1, 0.15) is 41.7 Å². The van der Waals surface area contributed by atoms with Gasteiger partial charge in [0.25, 0.3) is 5.91 Å². The summed E-state index contributed by atoms with van der Waals surface area (Å²) in [5.41, 5.74) is 1.41. The Balaban J connectivity index is 1.53. The molecule has 0 unspecified atom stereocenters. The van der Waals surface area contributed by atoms with Gasteiger partial charge in [0.05, 0.1) is 25.3 Å². The summed E-state index contributed by atoms with van der Waals surface area (Å²) < 4.78 is 11.2. The largest absolute Gasteiger partial charge is 0.497 e. The number of nitrogens with zero attached hydrogens (tertiary/aromatic N) is 3. The van der Waals surface area contributed by atoms with Gasteiger partial charge in [0.1, 0.15) is 18.1 Å². The SMILES string of the molecule is COc1ccc([C@@H]2CN(C(C)=O)CCN2C(=O)c2ccccc2OCCN2CCCC2=O)cc1. The van der Waals surface area contributed by atoms with Crippen molar-refractivity contribution in [2.75, 3.05) is 46.4 Å². The molecule has 0 aliphatic carbocycles. The summed E-state index contributed by atoms with van der Waals surface area (Å²) in [5, 5.41) is 0. The molecule has 2 aromatic carbocycles. The zero-order valence-corrected chi connectivity index (χ0v) is 19.7. The number of hydrogen-bond acceptors (Lipinski definition) is 5. The maximum atomic E-state index is 13.7. The van der Waals surface area contributed by atoms with E-state index in [-0.39, 0.29) is 23.8 Å². The highest BCUT2D eigenvalue weighted by Crippen LogP contribution is 2.31. The average molecular weight is 466 g/mol. The van der Waals surface area contributed by atoms with Gasteiger partial charge < -0.3 is 24.2 Å². The molecule has 4 rings (SSSR count). The highest BCUT2D eigenvalue weighted by molar-refractivity contribution is 5.97. The van der Waals surface area contributed by atoms with Crippen LogP contribution in [0.25, 0.3) is 0 Å². The average Bonchev–Trinajstić information content (AvgIpc) is 3.28. The molecule has 0 spiro atoms. The maximum Gasteiger partial charge on any atom is 0.258 e. The Morgan fingerprint density at radius 1 is 1.03 bits per heavy atom. The van der Waals surface area contributed by atoms with E-state index in [9.17, 15) is 14.4 Å². The van der Waals surface area contributed by atoms with Crippen LogP contribution in [0, 0.1) is 0 Å². The number of carbonyl (C=O) groups is 3. The lowest BCUT2D eigenvalue weighted by molar-refractivity contribution is -0.131. The molecule has 2 aliphatic heterocycles. The first-order valence-electron chi connectivity index (χ1n) is 11.7. The lowest BCUT2D eigenvalue weighted by Crippen LogP contribution is -2.51. The second-order valence-corrected chi connectivity index (χ2v) is 8.58. The molecule has 2 saturated heterocycles. The third-order valence-electron chi connectivity index (χ3n) is 6.49. The predicted octanol–water partition coefficient (Wildman–Crippen LogP) is 2.74. The Bertz CT molecular complexity index is 1040. The molecule has 8 heteroatoms. The minimum Gasteiger partial charge on any atom is -0.497 e. The van der Waals surface area contributed by atoms with Crippen molar-refractivity contribution in [3.63, 3.8) is 0 Å². The first-order valence-corrected chi connectivity index (χ1v) is 11.7. The van der Waals surface area contributed by atoms with E-state index in [1.807, 2.05) is 41.3 Å². The Labute approximate surface area is 200 Å². The van der Waals surface area contributed by atoms with Crippen molar-refractivity contribution in [1.82, 2.24) is 14.7 Å². The summed E-state index contributed by atoms with van der Waals surface area (Å²) >= 11 is 0. The Morgan fingerprint density at radius 2 is 1.79 bits per heavy atom. The Hall–Kier alpha value is -3.55. The fourth-order valence-corrected chi connectivity index (χ4v) is 4.55. The molecule has 0 radical (unpaired) electrons. The molecule has 3 amide bonds. The molecule has 0 saturated carbocycles. The van der Waals surface area contributed by atoms with Crippen molar-refractivity contribution in [1.29, 1.82) is 0 Å². The molecule has 34 heavy (non-hydrogen) atoms. The van der Waals surface area contributed by atoms with Crippen molar-refractivity contribution in [2.45, 2.75) is 25.8 Å². The van der Waals surface area contributed by atoms with E-state index in [1.54, 1.807) is 36.0 Å². The van der Waals surface area contributed by atoms with Gasteiger partial charge in [-0.15, -0.1) is 0 Å². The second-order valence-electron chi connectivity index (χ2n) is 8.58. The second kappa shape index (κ2) is 10.6. The van der Waals surface area contributed by atoms with Gasteiger partial charge in [0, 0.05) is 39.5 Å². The molecular weight excluding hydrogens is 434 g/mol. The normalized spacial score (nSPS) is 18.2. The van der Waals surface area contributed by atoms with Crippen LogP contribution in [0.5, 0.6) is 11.5 Å². The van der Waals surface area contributed by atoms with E-state index < -0.39 is 0 Å². The molecule has 2 aromatic rings. The zero-order chi connectivity index (χ0) is 24.1. The van der Waals surface area contributed by atoms with Crippen molar-refractivity contribution in [3.8, 4) is 11.5 Å². The zero-order valence-electron chi connectivity index (χ0n) is 19.7. The molecule has 180 valence electrons. The van der Waals surface area contributed by atoms with Gasteiger partial charge in [-0.05, 0) is 36.2 Å². The fraction of sp³-hybridized carbons (Fsp3) is 0.423. The number of methoxy groups -OCH3 is 1. The standard InChI is InChI=1S/C26H31N3O5/c1-19(30)28-14-15-29(23(18-28)20-9-11-21(33-2)12-10-20)26(32)22-6-3-4-7-24(22)34-17-16-27-13-5-8-25(27)31/h3-4,6-7,9-12,23H,5,8,13-18H2,1-2H3/t23-/m0/s1. The van der Waals surface area contributed by atoms with Crippen LogP contribution in [-0.2, 0) is 9.59 Å². The lowest BCUT2D eigenvalue weighted by Gasteiger charge is -2.41. The third-order valence-corrected chi connectivity index (χ3v) is 6.49. The minimum absolute atomic E-state index is 0.00851. The molecule has 0 aromatic heterocycles.